The minimum atomic E-state index is 0.0551. The highest BCUT2D eigenvalue weighted by molar-refractivity contribution is 9.11. The first-order valence-corrected chi connectivity index (χ1v) is 11.4. The number of aryl methyl sites for hydroxylation is 2. The van der Waals surface area contributed by atoms with Gasteiger partial charge in [0.25, 0.3) is 0 Å². The van der Waals surface area contributed by atoms with E-state index in [-0.39, 0.29) is 11.6 Å². The molecule has 0 amide bonds. The lowest BCUT2D eigenvalue weighted by atomic mass is 9.97. The van der Waals surface area contributed by atoms with Crippen molar-refractivity contribution in [2.75, 3.05) is 0 Å². The van der Waals surface area contributed by atoms with Gasteiger partial charge in [0.1, 0.15) is 23.1 Å². The van der Waals surface area contributed by atoms with Gasteiger partial charge in [-0.1, -0.05) is 75.6 Å². The molecule has 0 unspecified atom stereocenters. The molecule has 0 fully saturated rings. The first kappa shape index (κ1) is 22.1. The molecule has 0 saturated heterocycles. The fraction of sp³-hybridized carbons (Fsp3) is 0.0769. The number of hydrogen-bond acceptors (Lipinski definition) is 4. The Kier molecular flexibility index (Phi) is 6.31. The van der Waals surface area contributed by atoms with Gasteiger partial charge >= 0.3 is 0 Å². The zero-order chi connectivity index (χ0) is 22.8. The molecule has 0 aliphatic carbocycles. The molecule has 32 heavy (non-hydrogen) atoms. The highest BCUT2D eigenvalue weighted by atomic mass is 79.9. The summed E-state index contributed by atoms with van der Waals surface area (Å²) in [5, 5.41) is 20.4. The molecule has 0 atom stereocenters. The number of halogens is 2. The number of benzene rings is 3. The predicted octanol–water partition coefficient (Wildman–Crippen LogP) is 8.08. The summed E-state index contributed by atoms with van der Waals surface area (Å²) in [4.78, 5) is 4.44. The Hall–Kier alpha value is -3.14. The molecule has 4 nitrogen and oxygen atoms in total. The number of nitrogens with zero attached hydrogens (tertiary/aromatic N) is 2. The summed E-state index contributed by atoms with van der Waals surface area (Å²) in [7, 11) is 0. The number of rotatable bonds is 4. The van der Waals surface area contributed by atoms with Crippen LogP contribution in [0.15, 0.2) is 79.0 Å². The highest BCUT2D eigenvalue weighted by Crippen LogP contribution is 2.43. The summed E-state index contributed by atoms with van der Waals surface area (Å²) in [6, 6.07) is 21.6. The number of furan rings is 1. The molecular formula is C26H18Br2N2O2. The Labute approximate surface area is 203 Å². The normalized spacial score (nSPS) is 11.1. The van der Waals surface area contributed by atoms with Crippen LogP contribution in [0, 0.1) is 25.2 Å². The van der Waals surface area contributed by atoms with E-state index in [2.05, 4.69) is 42.9 Å². The number of aliphatic imine (C=N–C) groups is 1. The molecule has 0 aliphatic heterocycles. The lowest BCUT2D eigenvalue weighted by Gasteiger charge is -2.05. The first-order chi connectivity index (χ1) is 15.4. The van der Waals surface area contributed by atoms with Gasteiger partial charge in [0, 0.05) is 27.4 Å². The van der Waals surface area contributed by atoms with E-state index in [4.69, 9.17) is 4.42 Å². The number of hydrogen-bond donors (Lipinski definition) is 1. The van der Waals surface area contributed by atoms with Crippen molar-refractivity contribution in [1.29, 1.82) is 5.26 Å². The van der Waals surface area contributed by atoms with Crippen LogP contribution in [0.1, 0.15) is 22.3 Å². The Bertz CT molecular complexity index is 1360. The van der Waals surface area contributed by atoms with Crippen molar-refractivity contribution < 1.29 is 9.52 Å². The largest absolute Gasteiger partial charge is 0.506 e. The average molecular weight is 550 g/mol. The fourth-order valence-corrected chi connectivity index (χ4v) is 4.59. The van der Waals surface area contributed by atoms with Crippen LogP contribution in [-0.2, 0) is 0 Å². The lowest BCUT2D eigenvalue weighted by molar-refractivity contribution is 0.471. The van der Waals surface area contributed by atoms with E-state index in [0.717, 1.165) is 26.7 Å². The molecule has 6 heteroatoms. The predicted molar refractivity (Wildman–Crippen MR) is 135 cm³/mol. The summed E-state index contributed by atoms with van der Waals surface area (Å²) in [5.74, 6) is 0.825. The van der Waals surface area contributed by atoms with Crippen LogP contribution in [0.2, 0.25) is 0 Å². The van der Waals surface area contributed by atoms with Gasteiger partial charge < -0.3 is 9.52 Å². The van der Waals surface area contributed by atoms with Crippen molar-refractivity contribution in [3.8, 4) is 34.3 Å². The number of nitriles is 1. The smallest absolute Gasteiger partial charge is 0.238 e. The molecule has 4 rings (SSSR count). The zero-order valence-electron chi connectivity index (χ0n) is 17.4. The standard InChI is InChI=1S/C26H18Br2N2O2/c1-15-3-7-17(8-4-15)23-21(13-29)26(32-25(23)18-9-5-16(2)6-10-18)30-14-19-11-20(27)12-22(28)24(19)31/h3-12,14,31H,1-2H3. The Morgan fingerprint density at radius 1 is 0.938 bits per heavy atom. The maximum Gasteiger partial charge on any atom is 0.238 e. The Morgan fingerprint density at radius 2 is 1.53 bits per heavy atom. The highest BCUT2D eigenvalue weighted by Gasteiger charge is 2.23. The van der Waals surface area contributed by atoms with Crippen LogP contribution in [0.5, 0.6) is 5.75 Å². The first-order valence-electron chi connectivity index (χ1n) is 9.80. The van der Waals surface area contributed by atoms with E-state index in [1.165, 1.54) is 6.21 Å². The molecule has 1 aromatic heterocycles. The number of phenols is 1. The van der Waals surface area contributed by atoms with Gasteiger partial charge in [0.2, 0.25) is 5.88 Å². The summed E-state index contributed by atoms with van der Waals surface area (Å²) in [6.45, 7) is 4.04. The second-order valence-electron chi connectivity index (χ2n) is 7.41. The Balaban J connectivity index is 1.91. The second-order valence-corrected chi connectivity index (χ2v) is 9.18. The molecule has 3 aromatic carbocycles. The molecular weight excluding hydrogens is 532 g/mol. The lowest BCUT2D eigenvalue weighted by Crippen LogP contribution is -1.85. The molecule has 0 aliphatic rings. The van der Waals surface area contributed by atoms with Crippen LogP contribution in [-0.4, -0.2) is 11.3 Å². The average Bonchev–Trinajstić information content (AvgIpc) is 3.14. The van der Waals surface area contributed by atoms with Crippen LogP contribution < -0.4 is 0 Å². The molecule has 1 N–H and O–H groups in total. The van der Waals surface area contributed by atoms with Gasteiger partial charge in [-0.25, -0.2) is 4.99 Å². The molecule has 1 heterocycles. The molecule has 0 spiro atoms. The van der Waals surface area contributed by atoms with Crippen LogP contribution in [0.25, 0.3) is 22.5 Å². The van der Waals surface area contributed by atoms with Crippen molar-refractivity contribution >= 4 is 44.0 Å². The Morgan fingerprint density at radius 3 is 2.12 bits per heavy atom. The number of aromatic hydroxyl groups is 1. The van der Waals surface area contributed by atoms with Crippen LogP contribution >= 0.6 is 31.9 Å². The van der Waals surface area contributed by atoms with Crippen molar-refractivity contribution in [3.63, 3.8) is 0 Å². The third-order valence-electron chi connectivity index (χ3n) is 5.03. The van der Waals surface area contributed by atoms with Crippen molar-refractivity contribution in [3.05, 3.63) is 91.9 Å². The molecule has 158 valence electrons. The molecule has 0 radical (unpaired) electrons. The minimum absolute atomic E-state index is 0.0551. The van der Waals surface area contributed by atoms with Crippen molar-refractivity contribution in [2.45, 2.75) is 13.8 Å². The van der Waals surface area contributed by atoms with E-state index in [0.29, 0.717) is 26.9 Å². The molecule has 4 aromatic rings. The topological polar surface area (TPSA) is 69.5 Å². The van der Waals surface area contributed by atoms with Gasteiger partial charge in [0.15, 0.2) is 0 Å². The van der Waals surface area contributed by atoms with E-state index in [9.17, 15) is 10.4 Å². The zero-order valence-corrected chi connectivity index (χ0v) is 20.5. The van der Waals surface area contributed by atoms with Crippen molar-refractivity contribution in [1.82, 2.24) is 0 Å². The third-order valence-corrected chi connectivity index (χ3v) is 6.10. The van der Waals surface area contributed by atoms with Crippen molar-refractivity contribution in [2.24, 2.45) is 4.99 Å². The van der Waals surface area contributed by atoms with Gasteiger partial charge in [-0.2, -0.15) is 5.26 Å². The minimum Gasteiger partial charge on any atom is -0.506 e. The summed E-state index contributed by atoms with van der Waals surface area (Å²) < 4.78 is 7.46. The maximum absolute atomic E-state index is 10.3. The monoisotopic (exact) mass is 548 g/mol. The second kappa shape index (κ2) is 9.15. The van der Waals surface area contributed by atoms with Gasteiger partial charge in [-0.15, -0.1) is 0 Å². The number of phenolic OH excluding ortho intramolecular Hbond substituents is 1. The van der Waals surface area contributed by atoms with Crippen LogP contribution in [0.4, 0.5) is 5.88 Å². The third kappa shape index (κ3) is 4.40. The molecule has 0 bridgehead atoms. The van der Waals surface area contributed by atoms with Gasteiger partial charge in [-0.05, 0) is 47.5 Å². The van der Waals surface area contributed by atoms with Gasteiger partial charge in [0.05, 0.1) is 4.47 Å². The van der Waals surface area contributed by atoms with Gasteiger partial charge in [-0.3, -0.25) is 0 Å². The van der Waals surface area contributed by atoms with E-state index < -0.39 is 0 Å². The summed E-state index contributed by atoms with van der Waals surface area (Å²) in [6.07, 6.45) is 1.49. The van der Waals surface area contributed by atoms with E-state index >= 15 is 0 Å². The molecule has 0 saturated carbocycles. The fourth-order valence-electron chi connectivity index (χ4n) is 3.33. The SMILES string of the molecule is Cc1ccc(-c2oc(N=Cc3cc(Br)cc(Br)c3O)c(C#N)c2-c2ccc(C)cc2)cc1. The summed E-state index contributed by atoms with van der Waals surface area (Å²) in [5.41, 5.74) is 5.52. The van der Waals surface area contributed by atoms with E-state index in [1.807, 2.05) is 62.4 Å². The van der Waals surface area contributed by atoms with E-state index in [1.54, 1.807) is 12.1 Å². The van der Waals surface area contributed by atoms with Crippen LogP contribution in [0.3, 0.4) is 0 Å². The quantitative estimate of drug-likeness (QED) is 0.261. The maximum atomic E-state index is 10.3. The summed E-state index contributed by atoms with van der Waals surface area (Å²) >= 11 is 6.73.